The van der Waals surface area contributed by atoms with Crippen molar-refractivity contribution in [3.05, 3.63) is 29.8 Å². The first-order chi connectivity index (χ1) is 9.50. The van der Waals surface area contributed by atoms with Crippen LogP contribution in [0.3, 0.4) is 0 Å². The van der Waals surface area contributed by atoms with Crippen LogP contribution in [0.5, 0.6) is 5.75 Å². The van der Waals surface area contributed by atoms with Crippen molar-refractivity contribution in [3.8, 4) is 5.75 Å². The maximum Gasteiger partial charge on any atom is 0.251 e. The van der Waals surface area contributed by atoms with E-state index in [1.165, 1.54) is 12.8 Å². The number of nitrogens with one attached hydrogen (secondary N) is 1. The normalized spacial score (nSPS) is 16.1. The number of carbonyl (C=O) groups excluding carboxylic acids is 1. The average molecular weight is 277 g/mol. The Hall–Kier alpha value is -1.55. The summed E-state index contributed by atoms with van der Waals surface area (Å²) in [6, 6.07) is 7.23. The molecule has 4 nitrogen and oxygen atoms in total. The molecule has 0 aliphatic heterocycles. The summed E-state index contributed by atoms with van der Waals surface area (Å²) in [6.07, 6.45) is 4.90. The van der Waals surface area contributed by atoms with Gasteiger partial charge in [0.05, 0.1) is 18.2 Å². The van der Waals surface area contributed by atoms with E-state index in [1.54, 1.807) is 26.0 Å². The number of aliphatic hydroxyl groups is 1. The van der Waals surface area contributed by atoms with Crippen molar-refractivity contribution in [2.45, 2.75) is 51.2 Å². The van der Waals surface area contributed by atoms with Gasteiger partial charge in [0.15, 0.2) is 0 Å². The average Bonchev–Trinajstić information content (AvgIpc) is 2.91. The summed E-state index contributed by atoms with van der Waals surface area (Å²) in [7, 11) is 0. The number of ether oxygens (including phenoxy) is 1. The minimum atomic E-state index is -0.626. The molecule has 1 aliphatic carbocycles. The van der Waals surface area contributed by atoms with E-state index in [-0.39, 0.29) is 18.6 Å². The van der Waals surface area contributed by atoms with Gasteiger partial charge in [-0.25, -0.2) is 0 Å². The third kappa shape index (κ3) is 3.97. The van der Waals surface area contributed by atoms with Gasteiger partial charge in [0.2, 0.25) is 0 Å². The van der Waals surface area contributed by atoms with Crippen LogP contribution in [0.4, 0.5) is 0 Å². The van der Waals surface area contributed by atoms with Crippen molar-refractivity contribution >= 4 is 5.91 Å². The van der Waals surface area contributed by atoms with Gasteiger partial charge in [-0.1, -0.05) is 6.07 Å². The van der Waals surface area contributed by atoms with Crippen LogP contribution >= 0.6 is 0 Å². The van der Waals surface area contributed by atoms with Gasteiger partial charge in [-0.05, 0) is 57.7 Å². The Balaban J connectivity index is 2.03. The van der Waals surface area contributed by atoms with E-state index in [0.717, 1.165) is 18.6 Å². The molecule has 2 rings (SSSR count). The summed E-state index contributed by atoms with van der Waals surface area (Å²) in [4.78, 5) is 12.1. The Bertz CT molecular complexity index is 465. The lowest BCUT2D eigenvalue weighted by Gasteiger charge is -2.23. The topological polar surface area (TPSA) is 58.6 Å². The highest BCUT2D eigenvalue weighted by Crippen LogP contribution is 2.24. The fraction of sp³-hybridized carbons (Fsp3) is 0.562. The Morgan fingerprint density at radius 1 is 1.40 bits per heavy atom. The molecular formula is C16H23NO3. The summed E-state index contributed by atoms with van der Waals surface area (Å²) in [5, 5.41) is 12.0. The van der Waals surface area contributed by atoms with Crippen LogP contribution in [0.15, 0.2) is 24.3 Å². The first kappa shape index (κ1) is 14.9. The van der Waals surface area contributed by atoms with Gasteiger partial charge in [-0.2, -0.15) is 0 Å². The maximum absolute atomic E-state index is 12.1. The van der Waals surface area contributed by atoms with Crippen LogP contribution < -0.4 is 10.1 Å². The second-order valence-electron chi connectivity index (χ2n) is 6.05. The van der Waals surface area contributed by atoms with Gasteiger partial charge in [0.25, 0.3) is 5.91 Å². The van der Waals surface area contributed by atoms with Crippen LogP contribution in [-0.2, 0) is 0 Å². The van der Waals surface area contributed by atoms with Crippen LogP contribution in [-0.4, -0.2) is 29.3 Å². The van der Waals surface area contributed by atoms with E-state index in [2.05, 4.69) is 5.32 Å². The monoisotopic (exact) mass is 277 g/mol. The smallest absolute Gasteiger partial charge is 0.251 e. The fourth-order valence-electron chi connectivity index (χ4n) is 2.33. The molecule has 0 aromatic heterocycles. The number of benzene rings is 1. The van der Waals surface area contributed by atoms with Crippen molar-refractivity contribution in [1.82, 2.24) is 5.32 Å². The van der Waals surface area contributed by atoms with Crippen molar-refractivity contribution < 1.29 is 14.6 Å². The van der Waals surface area contributed by atoms with Crippen LogP contribution in [0.1, 0.15) is 49.9 Å². The largest absolute Gasteiger partial charge is 0.490 e. The maximum atomic E-state index is 12.1. The number of hydrogen-bond donors (Lipinski definition) is 2. The molecule has 0 atom stereocenters. The highest BCUT2D eigenvalue weighted by molar-refractivity contribution is 5.95. The third-order valence-corrected chi connectivity index (χ3v) is 3.55. The first-order valence-corrected chi connectivity index (χ1v) is 7.20. The van der Waals surface area contributed by atoms with E-state index in [4.69, 9.17) is 4.74 Å². The van der Waals surface area contributed by atoms with Crippen molar-refractivity contribution in [1.29, 1.82) is 0 Å². The van der Waals surface area contributed by atoms with E-state index in [9.17, 15) is 9.90 Å². The zero-order valence-electron chi connectivity index (χ0n) is 12.2. The third-order valence-electron chi connectivity index (χ3n) is 3.55. The van der Waals surface area contributed by atoms with Gasteiger partial charge in [0.1, 0.15) is 5.75 Å². The van der Waals surface area contributed by atoms with E-state index in [1.807, 2.05) is 12.1 Å². The molecule has 1 fully saturated rings. The summed E-state index contributed by atoms with van der Waals surface area (Å²) < 4.78 is 5.89. The van der Waals surface area contributed by atoms with Crippen molar-refractivity contribution in [2.75, 3.05) is 6.61 Å². The second kappa shape index (κ2) is 6.27. The van der Waals surface area contributed by atoms with Gasteiger partial charge in [0, 0.05) is 5.56 Å². The molecular weight excluding hydrogens is 254 g/mol. The minimum absolute atomic E-state index is 0.100. The Kier molecular flexibility index (Phi) is 4.65. The van der Waals surface area contributed by atoms with Crippen LogP contribution in [0.25, 0.3) is 0 Å². The van der Waals surface area contributed by atoms with Crippen molar-refractivity contribution in [3.63, 3.8) is 0 Å². The number of rotatable bonds is 5. The summed E-state index contributed by atoms with van der Waals surface area (Å²) >= 11 is 0. The molecule has 0 radical (unpaired) electrons. The standard InChI is InChI=1S/C16H23NO3/c1-16(2,11-18)17-15(19)12-6-5-9-14(10-12)20-13-7-3-4-8-13/h5-6,9-10,13,18H,3-4,7-8,11H2,1-2H3,(H,17,19). The van der Waals surface area contributed by atoms with Gasteiger partial charge in [-0.3, -0.25) is 4.79 Å². The lowest BCUT2D eigenvalue weighted by atomic mass is 10.1. The molecule has 2 N–H and O–H groups in total. The summed E-state index contributed by atoms with van der Waals surface area (Å²) in [6.45, 7) is 3.46. The highest BCUT2D eigenvalue weighted by atomic mass is 16.5. The van der Waals surface area contributed by atoms with Gasteiger partial charge >= 0.3 is 0 Å². The van der Waals surface area contributed by atoms with E-state index >= 15 is 0 Å². The number of aliphatic hydroxyl groups excluding tert-OH is 1. The first-order valence-electron chi connectivity index (χ1n) is 7.20. The Morgan fingerprint density at radius 2 is 2.10 bits per heavy atom. The van der Waals surface area contributed by atoms with Crippen LogP contribution in [0, 0.1) is 0 Å². The molecule has 0 saturated heterocycles. The minimum Gasteiger partial charge on any atom is -0.490 e. The highest BCUT2D eigenvalue weighted by Gasteiger charge is 2.21. The molecule has 1 amide bonds. The molecule has 20 heavy (non-hydrogen) atoms. The van der Waals surface area contributed by atoms with Crippen molar-refractivity contribution in [2.24, 2.45) is 0 Å². The quantitative estimate of drug-likeness (QED) is 0.869. The second-order valence-corrected chi connectivity index (χ2v) is 6.05. The molecule has 0 heterocycles. The molecule has 0 spiro atoms. The number of amides is 1. The van der Waals surface area contributed by atoms with E-state index < -0.39 is 5.54 Å². The molecule has 110 valence electrons. The zero-order valence-corrected chi connectivity index (χ0v) is 12.2. The van der Waals surface area contributed by atoms with Gasteiger partial charge < -0.3 is 15.2 Å². The number of carbonyl (C=O) groups is 1. The molecule has 1 aliphatic rings. The number of hydrogen-bond acceptors (Lipinski definition) is 3. The molecule has 0 unspecified atom stereocenters. The molecule has 0 bridgehead atoms. The summed E-state index contributed by atoms with van der Waals surface area (Å²) in [5.74, 6) is 0.548. The molecule has 1 aromatic rings. The Labute approximate surface area is 120 Å². The SMILES string of the molecule is CC(C)(CO)NC(=O)c1cccc(OC2CCCC2)c1. The molecule has 4 heteroatoms. The predicted molar refractivity (Wildman–Crippen MR) is 78.0 cm³/mol. The molecule has 1 saturated carbocycles. The fourth-order valence-corrected chi connectivity index (χ4v) is 2.33. The van der Waals surface area contributed by atoms with Crippen LogP contribution in [0.2, 0.25) is 0 Å². The lowest BCUT2D eigenvalue weighted by Crippen LogP contribution is -2.46. The zero-order chi connectivity index (χ0) is 14.6. The summed E-state index contributed by atoms with van der Waals surface area (Å²) in [5.41, 5.74) is -0.0682. The van der Waals surface area contributed by atoms with Gasteiger partial charge in [-0.15, -0.1) is 0 Å². The predicted octanol–water partition coefficient (Wildman–Crippen LogP) is 2.51. The van der Waals surface area contributed by atoms with E-state index in [0.29, 0.717) is 5.56 Å². The molecule has 1 aromatic carbocycles. The Morgan fingerprint density at radius 3 is 2.75 bits per heavy atom. The lowest BCUT2D eigenvalue weighted by molar-refractivity contribution is 0.0868.